The number of rotatable bonds is 2. The zero-order valence-corrected chi connectivity index (χ0v) is 10.4. The highest BCUT2D eigenvalue weighted by molar-refractivity contribution is 5.41. The number of aliphatic hydroxyl groups is 1. The lowest BCUT2D eigenvalue weighted by atomic mass is 9.81. The van der Waals surface area contributed by atoms with Gasteiger partial charge >= 0.3 is 0 Å². The van der Waals surface area contributed by atoms with E-state index in [1.165, 1.54) is 0 Å². The minimum atomic E-state index is -0.566. The molecule has 1 aliphatic heterocycles. The second-order valence-corrected chi connectivity index (χ2v) is 4.93. The van der Waals surface area contributed by atoms with Gasteiger partial charge in [0.15, 0.2) is 0 Å². The lowest BCUT2D eigenvalue weighted by Crippen LogP contribution is -2.50. The Hall–Kier alpha value is -1.36. The fourth-order valence-corrected chi connectivity index (χ4v) is 2.44. The summed E-state index contributed by atoms with van der Waals surface area (Å²) in [5, 5.41) is 10.3. The van der Waals surface area contributed by atoms with Gasteiger partial charge in [0.05, 0.1) is 5.60 Å². The number of aromatic nitrogens is 2. The quantitative estimate of drug-likeness (QED) is 0.802. The molecule has 2 heterocycles. The summed E-state index contributed by atoms with van der Waals surface area (Å²) in [6, 6.07) is 1.86. The van der Waals surface area contributed by atoms with Crippen LogP contribution in [-0.2, 0) is 0 Å². The molecule has 0 aliphatic carbocycles. The van der Waals surface area contributed by atoms with Gasteiger partial charge in [-0.15, -0.1) is 0 Å². The summed E-state index contributed by atoms with van der Waals surface area (Å²) in [6.07, 6.45) is 3.39. The molecule has 2 atom stereocenters. The third kappa shape index (κ3) is 2.49. The van der Waals surface area contributed by atoms with Crippen LogP contribution < -0.4 is 10.6 Å². The number of hydrogen-bond acceptors (Lipinski definition) is 5. The maximum Gasteiger partial charge on any atom is 0.221 e. The summed E-state index contributed by atoms with van der Waals surface area (Å²) in [7, 11) is 0. The lowest BCUT2D eigenvalue weighted by Gasteiger charge is -2.42. The zero-order valence-electron chi connectivity index (χ0n) is 10.4. The molecule has 0 radical (unpaired) electrons. The molecule has 1 aliphatic rings. The van der Waals surface area contributed by atoms with E-state index in [0.717, 1.165) is 31.7 Å². The summed E-state index contributed by atoms with van der Waals surface area (Å²) < 4.78 is 0. The molecule has 0 amide bonds. The van der Waals surface area contributed by atoms with Gasteiger partial charge in [-0.1, -0.05) is 6.92 Å². The minimum Gasteiger partial charge on any atom is -0.390 e. The van der Waals surface area contributed by atoms with Crippen molar-refractivity contribution < 1.29 is 5.11 Å². The van der Waals surface area contributed by atoms with Crippen LogP contribution in [0.15, 0.2) is 12.3 Å². The summed E-state index contributed by atoms with van der Waals surface area (Å²) in [4.78, 5) is 10.3. The van der Waals surface area contributed by atoms with Gasteiger partial charge in [0, 0.05) is 25.2 Å². The van der Waals surface area contributed by atoms with Crippen LogP contribution in [0.1, 0.15) is 26.7 Å². The van der Waals surface area contributed by atoms with Crippen LogP contribution in [0.3, 0.4) is 0 Å². The third-order valence-corrected chi connectivity index (χ3v) is 3.68. The maximum atomic E-state index is 10.3. The van der Waals surface area contributed by atoms with Crippen LogP contribution >= 0.6 is 0 Å². The Kier molecular flexibility index (Phi) is 3.19. The molecule has 2 rings (SSSR count). The van der Waals surface area contributed by atoms with Crippen LogP contribution in [0.2, 0.25) is 0 Å². The first kappa shape index (κ1) is 12.1. The monoisotopic (exact) mass is 236 g/mol. The molecule has 0 aromatic carbocycles. The first-order valence-electron chi connectivity index (χ1n) is 6.09. The third-order valence-electron chi connectivity index (χ3n) is 3.68. The summed E-state index contributed by atoms with van der Waals surface area (Å²) >= 11 is 0. The van der Waals surface area contributed by atoms with Crippen LogP contribution in [0.4, 0.5) is 11.8 Å². The Morgan fingerprint density at radius 3 is 3.06 bits per heavy atom. The van der Waals surface area contributed by atoms with E-state index in [9.17, 15) is 5.11 Å². The second-order valence-electron chi connectivity index (χ2n) is 4.93. The standard InChI is InChI=1S/C12H20N4O/c1-3-9-8-16(7-5-12(9,2)17)10-4-6-14-11(13)15-10/h4,6,9,17H,3,5,7-8H2,1-2H3,(H2,13,14,15)/t9-,12+/m1/s1. The molecule has 1 saturated heterocycles. The molecule has 1 aromatic heterocycles. The van der Waals surface area contributed by atoms with Gasteiger partial charge in [0.1, 0.15) is 5.82 Å². The number of piperidine rings is 1. The van der Waals surface area contributed by atoms with Crippen LogP contribution in [0, 0.1) is 5.92 Å². The maximum absolute atomic E-state index is 10.3. The van der Waals surface area contributed by atoms with E-state index < -0.39 is 5.60 Å². The Labute approximate surface area is 102 Å². The van der Waals surface area contributed by atoms with E-state index in [2.05, 4.69) is 21.8 Å². The average Bonchev–Trinajstić information content (AvgIpc) is 2.28. The van der Waals surface area contributed by atoms with Crippen molar-refractivity contribution in [1.29, 1.82) is 0 Å². The van der Waals surface area contributed by atoms with Gasteiger partial charge < -0.3 is 15.7 Å². The van der Waals surface area contributed by atoms with Crippen molar-refractivity contribution in [2.24, 2.45) is 5.92 Å². The second kappa shape index (κ2) is 4.49. The van der Waals surface area contributed by atoms with E-state index in [1.807, 2.05) is 13.0 Å². The highest BCUT2D eigenvalue weighted by Crippen LogP contribution is 2.31. The smallest absolute Gasteiger partial charge is 0.221 e. The Bertz CT molecular complexity index is 394. The fourth-order valence-electron chi connectivity index (χ4n) is 2.44. The van der Waals surface area contributed by atoms with Gasteiger partial charge in [0.2, 0.25) is 5.95 Å². The molecule has 5 nitrogen and oxygen atoms in total. The molecule has 17 heavy (non-hydrogen) atoms. The largest absolute Gasteiger partial charge is 0.390 e. The van der Waals surface area contributed by atoms with Crippen molar-refractivity contribution in [2.45, 2.75) is 32.3 Å². The van der Waals surface area contributed by atoms with Crippen molar-refractivity contribution in [3.63, 3.8) is 0 Å². The topological polar surface area (TPSA) is 75.3 Å². The molecule has 0 bridgehead atoms. The molecular formula is C12H20N4O. The number of nitrogen functional groups attached to an aromatic ring is 1. The Morgan fingerprint density at radius 2 is 2.41 bits per heavy atom. The van der Waals surface area contributed by atoms with Crippen LogP contribution in [0.25, 0.3) is 0 Å². The number of anilines is 2. The van der Waals surface area contributed by atoms with E-state index in [-0.39, 0.29) is 5.92 Å². The SMILES string of the molecule is CC[C@@H]1CN(c2ccnc(N)n2)CC[C@]1(C)O. The van der Waals surface area contributed by atoms with Crippen molar-refractivity contribution in [2.75, 3.05) is 23.7 Å². The highest BCUT2D eigenvalue weighted by atomic mass is 16.3. The van der Waals surface area contributed by atoms with Gasteiger partial charge in [0.25, 0.3) is 0 Å². The molecule has 1 aromatic rings. The fraction of sp³-hybridized carbons (Fsp3) is 0.667. The highest BCUT2D eigenvalue weighted by Gasteiger charge is 2.36. The van der Waals surface area contributed by atoms with Gasteiger partial charge in [-0.05, 0) is 25.8 Å². The van der Waals surface area contributed by atoms with Gasteiger partial charge in [-0.2, -0.15) is 4.98 Å². The molecule has 0 spiro atoms. The van der Waals surface area contributed by atoms with E-state index in [4.69, 9.17) is 5.73 Å². The molecule has 5 heteroatoms. The molecular weight excluding hydrogens is 216 g/mol. The lowest BCUT2D eigenvalue weighted by molar-refractivity contribution is -0.0183. The van der Waals surface area contributed by atoms with Crippen molar-refractivity contribution in [1.82, 2.24) is 9.97 Å². The summed E-state index contributed by atoms with van der Waals surface area (Å²) in [6.45, 7) is 5.66. The van der Waals surface area contributed by atoms with Crippen molar-refractivity contribution in [3.8, 4) is 0 Å². The molecule has 1 fully saturated rings. The number of nitrogens with two attached hydrogens (primary N) is 1. The first-order chi connectivity index (χ1) is 8.03. The van der Waals surface area contributed by atoms with Crippen LogP contribution in [0.5, 0.6) is 0 Å². The molecule has 0 unspecified atom stereocenters. The van der Waals surface area contributed by atoms with Gasteiger partial charge in [-0.3, -0.25) is 0 Å². The van der Waals surface area contributed by atoms with Crippen LogP contribution in [-0.4, -0.2) is 33.8 Å². The first-order valence-corrected chi connectivity index (χ1v) is 6.09. The Balaban J connectivity index is 2.15. The minimum absolute atomic E-state index is 0.271. The summed E-state index contributed by atoms with van der Waals surface area (Å²) in [5.74, 6) is 1.42. The van der Waals surface area contributed by atoms with Crippen molar-refractivity contribution in [3.05, 3.63) is 12.3 Å². The molecule has 0 saturated carbocycles. The van der Waals surface area contributed by atoms with Crippen molar-refractivity contribution >= 4 is 11.8 Å². The van der Waals surface area contributed by atoms with Gasteiger partial charge in [-0.25, -0.2) is 4.98 Å². The van der Waals surface area contributed by atoms with E-state index in [1.54, 1.807) is 6.20 Å². The predicted octanol–water partition coefficient (Wildman–Crippen LogP) is 1.05. The number of hydrogen-bond donors (Lipinski definition) is 2. The summed E-state index contributed by atoms with van der Waals surface area (Å²) in [5.41, 5.74) is 5.02. The normalized spacial score (nSPS) is 29.4. The Morgan fingerprint density at radius 1 is 1.65 bits per heavy atom. The molecule has 94 valence electrons. The molecule has 3 N–H and O–H groups in total. The zero-order chi connectivity index (χ0) is 12.5. The van der Waals surface area contributed by atoms with E-state index in [0.29, 0.717) is 5.95 Å². The number of nitrogens with zero attached hydrogens (tertiary/aromatic N) is 3. The van der Waals surface area contributed by atoms with E-state index >= 15 is 0 Å². The predicted molar refractivity (Wildman–Crippen MR) is 67.7 cm³/mol. The average molecular weight is 236 g/mol.